The van der Waals surface area contributed by atoms with E-state index in [-0.39, 0.29) is 6.04 Å². The number of methoxy groups -OCH3 is 1. The average Bonchev–Trinajstić information content (AvgIpc) is 2.90. The maximum absolute atomic E-state index is 5.66. The lowest BCUT2D eigenvalue weighted by atomic mass is 10.00. The van der Waals surface area contributed by atoms with Gasteiger partial charge in [-0.2, -0.15) is 4.98 Å². The maximum Gasteiger partial charge on any atom is 0.223 e. The lowest BCUT2D eigenvalue weighted by molar-refractivity contribution is 0.250. The summed E-state index contributed by atoms with van der Waals surface area (Å²) in [7, 11) is 1.66. The van der Waals surface area contributed by atoms with Crippen LogP contribution >= 0.6 is 0 Å². The van der Waals surface area contributed by atoms with Crippen molar-refractivity contribution in [1.29, 1.82) is 0 Å². The van der Waals surface area contributed by atoms with Crippen molar-refractivity contribution in [3.8, 4) is 11.5 Å². The molecule has 0 bridgehead atoms. The van der Waals surface area contributed by atoms with Crippen LogP contribution in [0.25, 0.3) is 0 Å². The Bertz CT molecular complexity index is 597. The third-order valence-corrected chi connectivity index (χ3v) is 3.33. The smallest absolute Gasteiger partial charge is 0.223 e. The van der Waals surface area contributed by atoms with E-state index >= 15 is 0 Å². The van der Waals surface area contributed by atoms with E-state index in [9.17, 15) is 0 Å². The number of ether oxygens (including phenoxy) is 2. The summed E-state index contributed by atoms with van der Waals surface area (Å²) in [4.78, 5) is 4.19. The zero-order valence-corrected chi connectivity index (χ0v) is 11.5. The highest BCUT2D eigenvalue weighted by atomic mass is 16.5. The molecular weight excluding hydrogens is 258 g/mol. The van der Waals surface area contributed by atoms with Crippen LogP contribution in [0.2, 0.25) is 0 Å². The summed E-state index contributed by atoms with van der Waals surface area (Å²) < 4.78 is 15.9. The summed E-state index contributed by atoms with van der Waals surface area (Å²) >= 11 is 0. The van der Waals surface area contributed by atoms with E-state index in [1.54, 1.807) is 14.0 Å². The Balaban J connectivity index is 1.75. The van der Waals surface area contributed by atoms with Gasteiger partial charge in [-0.1, -0.05) is 5.16 Å². The second-order valence-electron chi connectivity index (χ2n) is 4.70. The zero-order valence-electron chi connectivity index (χ0n) is 11.5. The zero-order chi connectivity index (χ0) is 13.9. The molecule has 0 amide bonds. The molecule has 1 aliphatic heterocycles. The van der Waals surface area contributed by atoms with E-state index < -0.39 is 0 Å². The summed E-state index contributed by atoms with van der Waals surface area (Å²) in [6.07, 6.45) is 0.900. The lowest BCUT2D eigenvalue weighted by Gasteiger charge is -2.26. The Labute approximate surface area is 117 Å². The first-order valence-corrected chi connectivity index (χ1v) is 6.59. The van der Waals surface area contributed by atoms with Crippen molar-refractivity contribution in [1.82, 2.24) is 15.5 Å². The molecule has 0 spiro atoms. The minimum Gasteiger partial charge on any atom is -0.497 e. The van der Waals surface area contributed by atoms with Gasteiger partial charge in [-0.25, -0.2) is 0 Å². The summed E-state index contributed by atoms with van der Waals surface area (Å²) in [6, 6.07) is 6.06. The molecule has 0 radical (unpaired) electrons. The highest BCUT2D eigenvalue weighted by molar-refractivity contribution is 5.43. The molecule has 3 rings (SSSR count). The second kappa shape index (κ2) is 5.50. The van der Waals surface area contributed by atoms with Crippen LogP contribution < -0.4 is 14.8 Å². The number of nitrogens with one attached hydrogen (secondary N) is 1. The first-order valence-electron chi connectivity index (χ1n) is 6.59. The van der Waals surface area contributed by atoms with Crippen molar-refractivity contribution < 1.29 is 14.0 Å². The van der Waals surface area contributed by atoms with Gasteiger partial charge >= 0.3 is 0 Å². The Morgan fingerprint density at radius 3 is 3.10 bits per heavy atom. The molecular formula is C14H17N3O3. The predicted octanol–water partition coefficient (Wildman–Crippen LogP) is 2.00. The standard InChI is InChI=1S/C14H17N3O3/c1-9-16-14(17-20-9)8-15-12-5-6-19-13-4-3-10(18-2)7-11(12)13/h3-4,7,12,15H,5-6,8H2,1-2H3. The molecule has 1 N–H and O–H groups in total. The van der Waals surface area contributed by atoms with Gasteiger partial charge in [0.15, 0.2) is 5.82 Å². The largest absolute Gasteiger partial charge is 0.497 e. The Kier molecular flexibility index (Phi) is 3.56. The van der Waals surface area contributed by atoms with Gasteiger partial charge in [0, 0.05) is 24.9 Å². The van der Waals surface area contributed by atoms with Gasteiger partial charge in [0.05, 0.1) is 20.3 Å². The Morgan fingerprint density at radius 2 is 2.35 bits per heavy atom. The highest BCUT2D eigenvalue weighted by Gasteiger charge is 2.22. The topological polar surface area (TPSA) is 69.4 Å². The number of fused-ring (bicyclic) bond motifs is 1. The van der Waals surface area contributed by atoms with Crippen molar-refractivity contribution in [3.63, 3.8) is 0 Å². The van der Waals surface area contributed by atoms with Gasteiger partial charge in [0.2, 0.25) is 5.89 Å². The quantitative estimate of drug-likeness (QED) is 0.920. The Hall–Kier alpha value is -2.08. The van der Waals surface area contributed by atoms with Crippen LogP contribution in [0.3, 0.4) is 0 Å². The van der Waals surface area contributed by atoms with Crippen LogP contribution in [0, 0.1) is 6.92 Å². The molecule has 1 aromatic carbocycles. The van der Waals surface area contributed by atoms with Crippen LogP contribution in [0.4, 0.5) is 0 Å². The molecule has 1 unspecified atom stereocenters. The van der Waals surface area contributed by atoms with Crippen molar-refractivity contribution in [2.24, 2.45) is 0 Å². The van der Waals surface area contributed by atoms with Gasteiger partial charge in [0.25, 0.3) is 0 Å². The molecule has 1 aromatic heterocycles. The van der Waals surface area contributed by atoms with E-state index in [0.717, 1.165) is 23.5 Å². The monoisotopic (exact) mass is 275 g/mol. The fraction of sp³-hybridized carbons (Fsp3) is 0.429. The van der Waals surface area contributed by atoms with E-state index in [4.69, 9.17) is 14.0 Å². The normalized spacial score (nSPS) is 17.4. The molecule has 1 aliphatic rings. The summed E-state index contributed by atoms with van der Waals surface area (Å²) in [5, 5.41) is 7.32. The number of rotatable bonds is 4. The van der Waals surface area contributed by atoms with E-state index in [1.165, 1.54) is 0 Å². The molecule has 0 saturated heterocycles. The summed E-state index contributed by atoms with van der Waals surface area (Å²) in [5.74, 6) is 2.98. The van der Waals surface area contributed by atoms with Gasteiger partial charge in [-0.3, -0.25) is 0 Å². The summed E-state index contributed by atoms with van der Waals surface area (Å²) in [6.45, 7) is 3.05. The average molecular weight is 275 g/mol. The number of benzene rings is 1. The minimum absolute atomic E-state index is 0.202. The fourth-order valence-corrected chi connectivity index (χ4v) is 2.34. The van der Waals surface area contributed by atoms with Gasteiger partial charge < -0.3 is 19.3 Å². The van der Waals surface area contributed by atoms with E-state index in [0.29, 0.717) is 24.9 Å². The van der Waals surface area contributed by atoms with Crippen molar-refractivity contribution >= 4 is 0 Å². The molecule has 0 aliphatic carbocycles. The van der Waals surface area contributed by atoms with E-state index in [2.05, 4.69) is 15.5 Å². The fourth-order valence-electron chi connectivity index (χ4n) is 2.34. The van der Waals surface area contributed by atoms with Crippen molar-refractivity contribution in [2.45, 2.75) is 25.9 Å². The van der Waals surface area contributed by atoms with Crippen LogP contribution in [0.5, 0.6) is 11.5 Å². The first-order chi connectivity index (χ1) is 9.76. The third kappa shape index (κ3) is 2.60. The number of hydrogen-bond donors (Lipinski definition) is 1. The molecule has 2 aromatic rings. The van der Waals surface area contributed by atoms with E-state index in [1.807, 2.05) is 18.2 Å². The summed E-state index contributed by atoms with van der Waals surface area (Å²) in [5.41, 5.74) is 1.11. The minimum atomic E-state index is 0.202. The third-order valence-electron chi connectivity index (χ3n) is 3.33. The maximum atomic E-state index is 5.66. The van der Waals surface area contributed by atoms with Crippen LogP contribution in [-0.4, -0.2) is 23.9 Å². The molecule has 106 valence electrons. The number of aromatic nitrogens is 2. The SMILES string of the molecule is COc1ccc2c(c1)C(NCc1noc(C)n1)CCO2. The number of nitrogens with zero attached hydrogens (tertiary/aromatic N) is 2. The molecule has 20 heavy (non-hydrogen) atoms. The molecule has 1 atom stereocenters. The molecule has 6 nitrogen and oxygen atoms in total. The molecule has 2 heterocycles. The van der Waals surface area contributed by atoms with Crippen molar-refractivity contribution in [2.75, 3.05) is 13.7 Å². The van der Waals surface area contributed by atoms with Gasteiger partial charge in [-0.05, 0) is 18.2 Å². The van der Waals surface area contributed by atoms with Crippen molar-refractivity contribution in [3.05, 3.63) is 35.5 Å². The molecule has 0 saturated carbocycles. The number of hydrogen-bond acceptors (Lipinski definition) is 6. The lowest BCUT2D eigenvalue weighted by Crippen LogP contribution is -2.27. The van der Waals surface area contributed by atoms with Gasteiger partial charge in [0.1, 0.15) is 11.5 Å². The Morgan fingerprint density at radius 1 is 1.45 bits per heavy atom. The van der Waals surface area contributed by atoms with Crippen LogP contribution in [0.1, 0.15) is 29.7 Å². The number of aryl methyl sites for hydroxylation is 1. The second-order valence-corrected chi connectivity index (χ2v) is 4.70. The molecule has 0 fully saturated rings. The highest BCUT2D eigenvalue weighted by Crippen LogP contribution is 2.34. The first kappa shape index (κ1) is 12.9. The predicted molar refractivity (Wildman–Crippen MR) is 71.7 cm³/mol. The molecule has 6 heteroatoms. The van der Waals surface area contributed by atoms with Gasteiger partial charge in [-0.15, -0.1) is 0 Å². The van der Waals surface area contributed by atoms with Crippen LogP contribution in [-0.2, 0) is 6.54 Å². The van der Waals surface area contributed by atoms with Crippen LogP contribution in [0.15, 0.2) is 22.7 Å².